The number of nitrogens with one attached hydrogen (secondary N) is 1. The van der Waals surface area contributed by atoms with E-state index < -0.39 is 5.60 Å². The van der Waals surface area contributed by atoms with Crippen molar-refractivity contribution >= 4 is 0 Å². The lowest BCUT2D eigenvalue weighted by atomic mass is 9.74. The second kappa shape index (κ2) is 4.52. The van der Waals surface area contributed by atoms with Crippen molar-refractivity contribution in [1.82, 2.24) is 10.3 Å². The summed E-state index contributed by atoms with van der Waals surface area (Å²) in [4.78, 5) is 4.16. The molecule has 0 spiro atoms. The van der Waals surface area contributed by atoms with Crippen LogP contribution in [0.25, 0.3) is 0 Å². The van der Waals surface area contributed by atoms with Crippen LogP contribution in [0.5, 0.6) is 5.75 Å². The molecule has 4 heteroatoms. The van der Waals surface area contributed by atoms with Gasteiger partial charge in [-0.05, 0) is 31.7 Å². The first-order valence-corrected chi connectivity index (χ1v) is 6.67. The lowest BCUT2D eigenvalue weighted by Gasteiger charge is -2.45. The molecule has 3 rings (SSSR count). The van der Waals surface area contributed by atoms with Crippen LogP contribution in [0.15, 0.2) is 18.5 Å². The highest BCUT2D eigenvalue weighted by molar-refractivity contribution is 5.29. The summed E-state index contributed by atoms with van der Waals surface area (Å²) < 4.78 is 5.20. The summed E-state index contributed by atoms with van der Waals surface area (Å²) in [5.74, 6) is 0.713. The van der Waals surface area contributed by atoms with Gasteiger partial charge in [0.05, 0.1) is 18.9 Å². The van der Waals surface area contributed by atoms with E-state index in [2.05, 4.69) is 10.3 Å². The number of ether oxygens (including phenoxy) is 1. The first-order chi connectivity index (χ1) is 8.69. The number of aliphatic hydroxyl groups is 1. The molecular weight excluding hydrogens is 228 g/mol. The number of methoxy groups -OCH3 is 1. The lowest BCUT2D eigenvalue weighted by Crippen LogP contribution is -2.54. The zero-order chi connectivity index (χ0) is 12.6. The molecule has 2 bridgehead atoms. The number of rotatable bonds is 2. The van der Waals surface area contributed by atoms with E-state index in [-0.39, 0.29) is 0 Å². The van der Waals surface area contributed by atoms with Crippen LogP contribution in [0.3, 0.4) is 0 Å². The third-order valence-electron chi connectivity index (χ3n) is 4.23. The van der Waals surface area contributed by atoms with Gasteiger partial charge in [0.25, 0.3) is 0 Å². The fraction of sp³-hybridized carbons (Fsp3) is 0.643. The molecule has 0 amide bonds. The average Bonchev–Trinajstić information content (AvgIpc) is 2.38. The van der Waals surface area contributed by atoms with E-state index >= 15 is 0 Å². The first kappa shape index (κ1) is 11.9. The average molecular weight is 248 g/mol. The molecule has 1 aromatic heterocycles. The van der Waals surface area contributed by atoms with Gasteiger partial charge < -0.3 is 15.2 Å². The molecule has 0 aromatic carbocycles. The van der Waals surface area contributed by atoms with Crippen molar-refractivity contribution in [3.05, 3.63) is 24.0 Å². The Kier molecular flexibility index (Phi) is 2.99. The highest BCUT2D eigenvalue weighted by Gasteiger charge is 2.42. The minimum atomic E-state index is -0.747. The Morgan fingerprint density at radius 2 is 2.06 bits per heavy atom. The SMILES string of the molecule is COc1cncc(C2(O)CC3CCCC(C2)N3)c1. The Morgan fingerprint density at radius 3 is 2.72 bits per heavy atom. The molecule has 1 aromatic rings. The summed E-state index contributed by atoms with van der Waals surface area (Å²) in [6.45, 7) is 0. The number of hydrogen-bond acceptors (Lipinski definition) is 4. The molecular formula is C14H20N2O2. The van der Waals surface area contributed by atoms with Crippen LogP contribution in [0.1, 0.15) is 37.7 Å². The molecule has 0 radical (unpaired) electrons. The fourth-order valence-electron chi connectivity index (χ4n) is 3.35. The van der Waals surface area contributed by atoms with Gasteiger partial charge in [-0.15, -0.1) is 0 Å². The van der Waals surface area contributed by atoms with Crippen LogP contribution < -0.4 is 10.1 Å². The molecule has 18 heavy (non-hydrogen) atoms. The second-order valence-electron chi connectivity index (χ2n) is 5.54. The largest absolute Gasteiger partial charge is 0.495 e. The van der Waals surface area contributed by atoms with Gasteiger partial charge in [-0.1, -0.05) is 6.42 Å². The minimum absolute atomic E-state index is 0.439. The zero-order valence-electron chi connectivity index (χ0n) is 10.7. The molecule has 2 aliphatic rings. The van der Waals surface area contributed by atoms with Crippen LogP contribution in [-0.4, -0.2) is 29.3 Å². The minimum Gasteiger partial charge on any atom is -0.495 e. The van der Waals surface area contributed by atoms with Crippen LogP contribution in [0.4, 0.5) is 0 Å². The van der Waals surface area contributed by atoms with Crippen LogP contribution in [0, 0.1) is 0 Å². The number of aromatic nitrogens is 1. The molecule has 4 nitrogen and oxygen atoms in total. The molecule has 2 aliphatic heterocycles. The quantitative estimate of drug-likeness (QED) is 0.834. The molecule has 2 atom stereocenters. The summed E-state index contributed by atoms with van der Waals surface area (Å²) >= 11 is 0. The summed E-state index contributed by atoms with van der Waals surface area (Å²) in [7, 11) is 1.63. The molecule has 2 unspecified atom stereocenters. The predicted octanol–water partition coefficient (Wildman–Crippen LogP) is 1.58. The number of fused-ring (bicyclic) bond motifs is 2. The number of piperidine rings is 2. The Balaban J connectivity index is 1.89. The number of pyridine rings is 1. The van der Waals surface area contributed by atoms with Crippen molar-refractivity contribution in [2.45, 2.75) is 49.8 Å². The molecule has 2 saturated heterocycles. The van der Waals surface area contributed by atoms with E-state index in [0.717, 1.165) is 31.2 Å². The summed E-state index contributed by atoms with van der Waals surface area (Å²) in [5, 5.41) is 14.5. The van der Waals surface area contributed by atoms with E-state index in [1.54, 1.807) is 19.5 Å². The molecule has 2 N–H and O–H groups in total. The van der Waals surface area contributed by atoms with E-state index in [9.17, 15) is 5.11 Å². The van der Waals surface area contributed by atoms with Crippen molar-refractivity contribution in [3.8, 4) is 5.75 Å². The van der Waals surface area contributed by atoms with Gasteiger partial charge in [-0.3, -0.25) is 4.98 Å². The smallest absolute Gasteiger partial charge is 0.137 e. The Hall–Kier alpha value is -1.13. The third kappa shape index (κ3) is 2.10. The zero-order valence-corrected chi connectivity index (χ0v) is 10.7. The van der Waals surface area contributed by atoms with Gasteiger partial charge >= 0.3 is 0 Å². The van der Waals surface area contributed by atoms with Crippen LogP contribution in [0.2, 0.25) is 0 Å². The highest BCUT2D eigenvalue weighted by atomic mass is 16.5. The highest BCUT2D eigenvalue weighted by Crippen LogP contribution is 2.39. The number of nitrogens with zero attached hydrogens (tertiary/aromatic N) is 1. The third-order valence-corrected chi connectivity index (χ3v) is 4.23. The maximum atomic E-state index is 10.9. The van der Waals surface area contributed by atoms with Crippen LogP contribution in [-0.2, 0) is 5.60 Å². The van der Waals surface area contributed by atoms with Gasteiger partial charge in [-0.2, -0.15) is 0 Å². The normalized spacial score (nSPS) is 35.2. The van der Waals surface area contributed by atoms with E-state index in [1.807, 2.05) is 6.07 Å². The van der Waals surface area contributed by atoms with Gasteiger partial charge in [0.2, 0.25) is 0 Å². The van der Waals surface area contributed by atoms with Crippen molar-refractivity contribution in [1.29, 1.82) is 0 Å². The van der Waals surface area contributed by atoms with Crippen molar-refractivity contribution in [2.24, 2.45) is 0 Å². The van der Waals surface area contributed by atoms with Gasteiger partial charge in [0, 0.05) is 23.8 Å². The van der Waals surface area contributed by atoms with E-state index in [0.29, 0.717) is 17.8 Å². The van der Waals surface area contributed by atoms with Gasteiger partial charge in [0.15, 0.2) is 0 Å². The Bertz CT molecular complexity index is 424. The maximum absolute atomic E-state index is 10.9. The summed E-state index contributed by atoms with van der Waals surface area (Å²) in [6, 6.07) is 2.79. The Labute approximate surface area is 107 Å². The predicted molar refractivity (Wildman–Crippen MR) is 68.5 cm³/mol. The van der Waals surface area contributed by atoms with Crippen LogP contribution >= 0.6 is 0 Å². The Morgan fingerprint density at radius 1 is 1.33 bits per heavy atom. The van der Waals surface area contributed by atoms with E-state index in [4.69, 9.17) is 4.74 Å². The maximum Gasteiger partial charge on any atom is 0.137 e. The molecule has 98 valence electrons. The topological polar surface area (TPSA) is 54.4 Å². The van der Waals surface area contributed by atoms with Gasteiger partial charge in [0.1, 0.15) is 5.75 Å². The van der Waals surface area contributed by atoms with Crippen molar-refractivity contribution in [3.63, 3.8) is 0 Å². The monoisotopic (exact) mass is 248 g/mol. The molecule has 0 aliphatic carbocycles. The van der Waals surface area contributed by atoms with E-state index in [1.165, 1.54) is 6.42 Å². The van der Waals surface area contributed by atoms with Crippen molar-refractivity contribution in [2.75, 3.05) is 7.11 Å². The summed E-state index contributed by atoms with van der Waals surface area (Å²) in [6.07, 6.45) is 8.59. The van der Waals surface area contributed by atoms with Gasteiger partial charge in [-0.25, -0.2) is 0 Å². The summed E-state index contributed by atoms with van der Waals surface area (Å²) in [5.41, 5.74) is 0.142. The number of hydrogen-bond donors (Lipinski definition) is 2. The lowest BCUT2D eigenvalue weighted by molar-refractivity contribution is -0.0362. The molecule has 2 fully saturated rings. The standard InChI is InChI=1S/C14H20N2O2/c1-18-13-5-10(8-15-9-13)14(17)6-11-3-2-4-12(7-14)16-11/h5,8-9,11-12,16-17H,2-4,6-7H2,1H3. The first-order valence-electron chi connectivity index (χ1n) is 6.67. The fourth-order valence-corrected chi connectivity index (χ4v) is 3.35. The van der Waals surface area contributed by atoms with Crippen molar-refractivity contribution < 1.29 is 9.84 Å². The molecule has 0 saturated carbocycles. The molecule has 3 heterocycles. The second-order valence-corrected chi connectivity index (χ2v) is 5.54.